The molecule has 25 heavy (non-hydrogen) atoms. The summed E-state index contributed by atoms with van der Waals surface area (Å²) in [5, 5.41) is 9.91. The number of hydrogen-bond donors (Lipinski definition) is 1. The first-order valence-corrected chi connectivity index (χ1v) is 9.66. The molecular formula is C23H20NP. The first-order valence-electron chi connectivity index (χ1n) is 8.58. The summed E-state index contributed by atoms with van der Waals surface area (Å²) in [6.45, 7) is 3.04. The third-order valence-corrected chi connectivity index (χ3v) is 5.34. The topological polar surface area (TPSA) is 12.0 Å². The Labute approximate surface area is 150 Å². The summed E-state index contributed by atoms with van der Waals surface area (Å²) in [5.41, 5.74) is 3.76. The van der Waals surface area contributed by atoms with Crippen LogP contribution in [0.3, 0.4) is 0 Å². The Morgan fingerprint density at radius 3 is 2.00 bits per heavy atom. The molecular weight excluding hydrogens is 321 g/mol. The Morgan fingerprint density at radius 2 is 1.36 bits per heavy atom. The average Bonchev–Trinajstić information content (AvgIpc) is 2.67. The van der Waals surface area contributed by atoms with Crippen molar-refractivity contribution in [2.75, 3.05) is 11.9 Å². The van der Waals surface area contributed by atoms with Crippen LogP contribution in [0.5, 0.6) is 0 Å². The predicted molar refractivity (Wildman–Crippen MR) is 115 cm³/mol. The van der Waals surface area contributed by atoms with Gasteiger partial charge in [0, 0.05) is 28.7 Å². The van der Waals surface area contributed by atoms with Gasteiger partial charge in [-0.2, -0.15) is 0 Å². The molecule has 0 spiro atoms. The minimum absolute atomic E-state index is 0.896. The molecule has 0 aliphatic rings. The van der Waals surface area contributed by atoms with Crippen LogP contribution in [0.2, 0.25) is 0 Å². The van der Waals surface area contributed by atoms with Crippen LogP contribution in [0.1, 0.15) is 6.92 Å². The average molecular weight is 341 g/mol. The fourth-order valence-corrected chi connectivity index (χ4v) is 4.10. The van der Waals surface area contributed by atoms with Gasteiger partial charge in [0.25, 0.3) is 0 Å². The van der Waals surface area contributed by atoms with E-state index in [0.717, 1.165) is 14.7 Å². The van der Waals surface area contributed by atoms with Gasteiger partial charge < -0.3 is 5.32 Å². The van der Waals surface area contributed by atoms with E-state index in [2.05, 4.69) is 91.3 Å². The monoisotopic (exact) mass is 341 g/mol. The molecule has 1 N–H and O–H groups in total. The normalized spacial score (nSPS) is 11.2. The van der Waals surface area contributed by atoms with Gasteiger partial charge in [-0.1, -0.05) is 75.2 Å². The lowest BCUT2D eigenvalue weighted by Gasteiger charge is -2.18. The van der Waals surface area contributed by atoms with Crippen molar-refractivity contribution in [3.63, 3.8) is 0 Å². The minimum Gasteiger partial charge on any atom is -0.385 e. The van der Waals surface area contributed by atoms with Crippen LogP contribution in [0.4, 0.5) is 5.69 Å². The number of nitrogens with one attached hydrogen (secondary N) is 1. The molecule has 4 rings (SSSR count). The summed E-state index contributed by atoms with van der Waals surface area (Å²) in [5.74, 6) is 0. The molecule has 1 nitrogen and oxygen atoms in total. The first-order chi connectivity index (χ1) is 12.3. The zero-order valence-corrected chi connectivity index (χ0v) is 15.2. The molecule has 0 heterocycles. The van der Waals surface area contributed by atoms with E-state index in [-0.39, 0.29) is 0 Å². The Kier molecular flexibility index (Phi) is 4.26. The standard InChI is InChI=1S/C23H20NP/c1-3-24-20-14-12-16-8-4-6-10-18(16)22(20)23-19-11-7-5-9-17(19)13-15-21(23)25-2/h4-15,24H,2-3H2,1H3. The Hall–Kier alpha value is -2.63. The van der Waals surface area contributed by atoms with E-state index in [4.69, 9.17) is 0 Å². The van der Waals surface area contributed by atoms with E-state index in [1.807, 2.05) is 0 Å². The lowest BCUT2D eigenvalue weighted by molar-refractivity contribution is 1.22. The molecule has 0 atom stereocenters. The number of anilines is 1. The van der Waals surface area contributed by atoms with E-state index < -0.39 is 0 Å². The second kappa shape index (κ2) is 6.70. The fraction of sp³-hybridized carbons (Fsp3) is 0.0870. The molecule has 0 fully saturated rings. The number of benzene rings is 4. The maximum Gasteiger partial charge on any atom is 0.0426 e. The molecule has 0 amide bonds. The van der Waals surface area contributed by atoms with Gasteiger partial charge in [0.15, 0.2) is 0 Å². The number of rotatable bonds is 4. The summed E-state index contributed by atoms with van der Waals surface area (Å²) < 4.78 is 0. The Balaban J connectivity index is 2.19. The van der Waals surface area contributed by atoms with Gasteiger partial charge in [-0.3, -0.25) is 0 Å². The lowest BCUT2D eigenvalue weighted by atomic mass is 9.92. The SMILES string of the molecule is C=Pc1ccc2ccccc2c1-c1c(NCC)ccc2ccccc12. The van der Waals surface area contributed by atoms with E-state index in [1.165, 1.54) is 43.7 Å². The van der Waals surface area contributed by atoms with E-state index in [1.54, 1.807) is 0 Å². The van der Waals surface area contributed by atoms with Gasteiger partial charge in [-0.05, 0) is 40.6 Å². The quantitative estimate of drug-likeness (QED) is 0.443. The van der Waals surface area contributed by atoms with Crippen LogP contribution in [0.25, 0.3) is 32.7 Å². The third-order valence-electron chi connectivity index (χ3n) is 4.62. The molecule has 0 saturated carbocycles. The molecule has 122 valence electrons. The van der Waals surface area contributed by atoms with Crippen molar-refractivity contribution in [3.05, 3.63) is 72.8 Å². The molecule has 0 saturated heterocycles. The van der Waals surface area contributed by atoms with E-state index >= 15 is 0 Å². The number of fused-ring (bicyclic) bond motifs is 2. The first kappa shape index (κ1) is 15.9. The van der Waals surface area contributed by atoms with Gasteiger partial charge >= 0.3 is 0 Å². The van der Waals surface area contributed by atoms with Crippen molar-refractivity contribution in [2.24, 2.45) is 0 Å². The van der Waals surface area contributed by atoms with E-state index in [9.17, 15) is 0 Å². The van der Waals surface area contributed by atoms with Crippen molar-refractivity contribution in [1.29, 1.82) is 0 Å². The highest BCUT2D eigenvalue weighted by Gasteiger charge is 2.15. The van der Waals surface area contributed by atoms with Crippen molar-refractivity contribution < 1.29 is 0 Å². The molecule has 0 aliphatic carbocycles. The number of hydrogen-bond acceptors (Lipinski definition) is 1. The zero-order valence-electron chi connectivity index (χ0n) is 14.3. The molecule has 4 aromatic carbocycles. The van der Waals surface area contributed by atoms with Crippen LogP contribution in [0, 0.1) is 0 Å². The second-order valence-corrected chi connectivity index (χ2v) is 6.88. The van der Waals surface area contributed by atoms with Gasteiger partial charge in [0.05, 0.1) is 0 Å². The molecule has 4 aromatic rings. The Bertz CT molecular complexity index is 1080. The van der Waals surface area contributed by atoms with Crippen LogP contribution >= 0.6 is 8.20 Å². The smallest absolute Gasteiger partial charge is 0.0426 e. The highest BCUT2D eigenvalue weighted by molar-refractivity contribution is 7.46. The summed E-state index contributed by atoms with van der Waals surface area (Å²) in [6.07, 6.45) is 4.16. The van der Waals surface area contributed by atoms with Crippen LogP contribution in [0.15, 0.2) is 72.8 Å². The lowest BCUT2D eigenvalue weighted by Crippen LogP contribution is -2.04. The molecule has 0 bridgehead atoms. The largest absolute Gasteiger partial charge is 0.385 e. The highest BCUT2D eigenvalue weighted by atomic mass is 31.1. The summed E-state index contributed by atoms with van der Waals surface area (Å²) >= 11 is 0. The van der Waals surface area contributed by atoms with Crippen LogP contribution in [-0.2, 0) is 0 Å². The van der Waals surface area contributed by atoms with Gasteiger partial charge in [-0.25, -0.2) is 0 Å². The molecule has 0 radical (unpaired) electrons. The van der Waals surface area contributed by atoms with Gasteiger partial charge in [0.2, 0.25) is 0 Å². The maximum absolute atomic E-state index is 4.16. The van der Waals surface area contributed by atoms with Crippen LogP contribution < -0.4 is 10.6 Å². The van der Waals surface area contributed by atoms with Crippen molar-refractivity contribution in [1.82, 2.24) is 0 Å². The molecule has 0 aliphatic heterocycles. The minimum atomic E-state index is 0.896. The van der Waals surface area contributed by atoms with Gasteiger partial charge in [0.1, 0.15) is 0 Å². The van der Waals surface area contributed by atoms with Crippen molar-refractivity contribution >= 4 is 47.0 Å². The predicted octanol–water partition coefficient (Wildman–Crippen LogP) is 6.10. The molecule has 0 aromatic heterocycles. The fourth-order valence-electron chi connectivity index (χ4n) is 3.53. The van der Waals surface area contributed by atoms with Crippen molar-refractivity contribution in [2.45, 2.75) is 6.92 Å². The molecule has 0 unspecified atom stereocenters. The summed E-state index contributed by atoms with van der Waals surface area (Å²) in [6, 6.07) is 26.0. The second-order valence-electron chi connectivity index (χ2n) is 6.08. The third kappa shape index (κ3) is 2.71. The zero-order chi connectivity index (χ0) is 17.2. The van der Waals surface area contributed by atoms with E-state index in [0.29, 0.717) is 0 Å². The molecule has 2 heteroatoms. The van der Waals surface area contributed by atoms with Crippen molar-refractivity contribution in [3.8, 4) is 11.1 Å². The van der Waals surface area contributed by atoms with Gasteiger partial charge in [-0.15, -0.1) is 0 Å². The summed E-state index contributed by atoms with van der Waals surface area (Å²) in [4.78, 5) is 0. The summed E-state index contributed by atoms with van der Waals surface area (Å²) in [7, 11) is 1.04. The maximum atomic E-state index is 4.16. The van der Waals surface area contributed by atoms with Crippen LogP contribution in [-0.4, -0.2) is 12.8 Å². The Morgan fingerprint density at radius 1 is 0.760 bits per heavy atom. The highest BCUT2D eigenvalue weighted by Crippen LogP contribution is 2.39.